The summed E-state index contributed by atoms with van der Waals surface area (Å²) in [6.07, 6.45) is -4.77. The molecule has 2 aromatic rings. The molecule has 0 heterocycles. The maximum Gasteiger partial charge on any atom is 0.418 e. The van der Waals surface area contributed by atoms with E-state index in [2.05, 4.69) is 0 Å². The highest BCUT2D eigenvalue weighted by Gasteiger charge is 2.34. The van der Waals surface area contributed by atoms with Gasteiger partial charge in [0, 0.05) is 5.02 Å². The summed E-state index contributed by atoms with van der Waals surface area (Å²) in [6.45, 7) is 0. The lowest BCUT2D eigenvalue weighted by Crippen LogP contribution is -2.23. The highest BCUT2D eigenvalue weighted by Crippen LogP contribution is 2.36. The predicted molar refractivity (Wildman–Crippen MR) is 75.5 cm³/mol. The molecule has 0 aromatic heterocycles. The zero-order chi connectivity index (χ0) is 17.2. The number of anilines is 2. The molecule has 0 fully saturated rings. The van der Waals surface area contributed by atoms with Gasteiger partial charge >= 0.3 is 12.2 Å². The molecule has 0 spiro atoms. The number of benzene rings is 2. The minimum Gasteiger partial charge on any atom is -0.307 e. The fraction of sp³-hybridized carbons (Fsp3) is 0.0714. The van der Waals surface area contributed by atoms with Gasteiger partial charge in [-0.1, -0.05) is 17.7 Å². The molecule has 2 rings (SSSR count). The Morgan fingerprint density at radius 1 is 1.00 bits per heavy atom. The van der Waals surface area contributed by atoms with Crippen molar-refractivity contribution in [3.63, 3.8) is 0 Å². The number of carbonyl (C=O) groups excluding carboxylic acids is 1. The minimum atomic E-state index is -4.77. The smallest absolute Gasteiger partial charge is 0.307 e. The summed E-state index contributed by atoms with van der Waals surface area (Å²) in [5.41, 5.74) is -2.56. The maximum absolute atomic E-state index is 13.4. The van der Waals surface area contributed by atoms with E-state index in [-0.39, 0.29) is 5.02 Å². The van der Waals surface area contributed by atoms with Crippen molar-refractivity contribution in [3.05, 3.63) is 58.6 Å². The van der Waals surface area contributed by atoms with E-state index >= 15 is 0 Å². The van der Waals surface area contributed by atoms with Crippen LogP contribution in [0, 0.1) is 11.6 Å². The molecule has 2 aromatic carbocycles. The van der Waals surface area contributed by atoms with E-state index in [1.807, 2.05) is 10.6 Å². The van der Waals surface area contributed by atoms with E-state index < -0.39 is 40.8 Å². The van der Waals surface area contributed by atoms with Crippen LogP contribution in [-0.2, 0) is 6.18 Å². The molecular formula is C14H8ClF5N2O. The third-order valence-corrected chi connectivity index (χ3v) is 2.97. The summed E-state index contributed by atoms with van der Waals surface area (Å²) >= 11 is 5.50. The third kappa shape index (κ3) is 4.10. The van der Waals surface area contributed by atoms with Crippen molar-refractivity contribution in [2.45, 2.75) is 6.18 Å². The van der Waals surface area contributed by atoms with Crippen molar-refractivity contribution in [1.29, 1.82) is 0 Å². The van der Waals surface area contributed by atoms with Gasteiger partial charge < -0.3 is 10.6 Å². The average Bonchev–Trinajstić information content (AvgIpc) is 2.44. The summed E-state index contributed by atoms with van der Waals surface area (Å²) in [4.78, 5) is 11.7. The molecule has 2 amide bonds. The number of hydrogen-bond acceptors (Lipinski definition) is 1. The number of nitrogens with one attached hydrogen (secondary N) is 2. The monoisotopic (exact) mass is 350 g/mol. The van der Waals surface area contributed by atoms with Gasteiger partial charge in [-0.05, 0) is 30.3 Å². The van der Waals surface area contributed by atoms with Crippen LogP contribution < -0.4 is 10.6 Å². The second-order valence-electron chi connectivity index (χ2n) is 4.36. The summed E-state index contributed by atoms with van der Waals surface area (Å²) in [5.74, 6) is -2.13. The Morgan fingerprint density at radius 3 is 2.17 bits per heavy atom. The fourth-order valence-electron chi connectivity index (χ4n) is 1.74. The first kappa shape index (κ1) is 17.0. The Hall–Kier alpha value is -2.35. The largest absolute Gasteiger partial charge is 0.418 e. The number of hydrogen-bond donors (Lipinski definition) is 2. The zero-order valence-corrected chi connectivity index (χ0v) is 11.9. The standard InChI is InChI=1S/C14H8ClF5N2O/c15-7-4-5-11(8(6-7)14(18,19)20)21-13(23)22-12-9(16)2-1-3-10(12)17/h1-6H,(H2,21,22,23). The maximum atomic E-state index is 13.4. The number of alkyl halides is 3. The van der Waals surface area contributed by atoms with Gasteiger partial charge in [-0.25, -0.2) is 13.6 Å². The minimum absolute atomic E-state index is 0.177. The van der Waals surface area contributed by atoms with E-state index in [4.69, 9.17) is 11.6 Å². The second-order valence-corrected chi connectivity index (χ2v) is 4.80. The van der Waals surface area contributed by atoms with Crippen molar-refractivity contribution >= 4 is 29.0 Å². The summed E-state index contributed by atoms with van der Waals surface area (Å²) in [7, 11) is 0. The molecule has 23 heavy (non-hydrogen) atoms. The van der Waals surface area contributed by atoms with Gasteiger partial charge in [0.15, 0.2) is 0 Å². The van der Waals surface area contributed by atoms with Crippen LogP contribution in [0.1, 0.15) is 5.56 Å². The van der Waals surface area contributed by atoms with Crippen LogP contribution in [0.3, 0.4) is 0 Å². The molecule has 0 radical (unpaired) electrons. The van der Waals surface area contributed by atoms with E-state index in [0.29, 0.717) is 6.07 Å². The molecule has 0 atom stereocenters. The van der Waals surface area contributed by atoms with E-state index in [1.165, 1.54) is 0 Å². The molecule has 0 aliphatic carbocycles. The lowest BCUT2D eigenvalue weighted by Gasteiger charge is -2.15. The van der Waals surface area contributed by atoms with Crippen LogP contribution >= 0.6 is 11.6 Å². The molecule has 0 saturated carbocycles. The molecule has 9 heteroatoms. The number of carbonyl (C=O) groups is 1. The molecule has 0 saturated heterocycles. The Labute approximate surface area is 132 Å². The lowest BCUT2D eigenvalue weighted by atomic mass is 10.1. The molecule has 0 bridgehead atoms. The molecule has 0 unspecified atom stereocenters. The van der Waals surface area contributed by atoms with Crippen LogP contribution in [0.15, 0.2) is 36.4 Å². The van der Waals surface area contributed by atoms with Crippen molar-refractivity contribution in [2.24, 2.45) is 0 Å². The molecular weight excluding hydrogens is 343 g/mol. The van der Waals surface area contributed by atoms with Crippen molar-refractivity contribution < 1.29 is 26.7 Å². The van der Waals surface area contributed by atoms with Gasteiger partial charge in [0.25, 0.3) is 0 Å². The quantitative estimate of drug-likeness (QED) is 0.711. The third-order valence-electron chi connectivity index (χ3n) is 2.74. The van der Waals surface area contributed by atoms with Crippen molar-refractivity contribution in [2.75, 3.05) is 10.6 Å². The van der Waals surface area contributed by atoms with Gasteiger partial charge in [-0.3, -0.25) is 0 Å². The zero-order valence-electron chi connectivity index (χ0n) is 11.1. The van der Waals surface area contributed by atoms with Crippen LogP contribution in [0.25, 0.3) is 0 Å². The van der Waals surface area contributed by atoms with Gasteiger partial charge in [-0.15, -0.1) is 0 Å². The predicted octanol–water partition coefficient (Wildman–Crippen LogP) is 5.28. The first-order valence-corrected chi connectivity index (χ1v) is 6.45. The molecule has 0 aliphatic heterocycles. The Bertz CT molecular complexity index is 728. The number of para-hydroxylation sites is 1. The summed E-state index contributed by atoms with van der Waals surface area (Å²) in [6, 6.07) is 4.32. The van der Waals surface area contributed by atoms with Crippen LogP contribution in [-0.4, -0.2) is 6.03 Å². The first-order chi connectivity index (χ1) is 10.7. The summed E-state index contributed by atoms with van der Waals surface area (Å²) < 4.78 is 65.4. The molecule has 2 N–H and O–H groups in total. The fourth-order valence-corrected chi connectivity index (χ4v) is 1.92. The second kappa shape index (κ2) is 6.41. The van der Waals surface area contributed by atoms with E-state index in [9.17, 15) is 26.7 Å². The van der Waals surface area contributed by atoms with E-state index in [1.54, 1.807) is 0 Å². The topological polar surface area (TPSA) is 41.1 Å². The number of urea groups is 1. The van der Waals surface area contributed by atoms with Gasteiger partial charge in [0.2, 0.25) is 0 Å². The van der Waals surface area contributed by atoms with Gasteiger partial charge in [-0.2, -0.15) is 13.2 Å². The Morgan fingerprint density at radius 2 is 1.61 bits per heavy atom. The number of halogens is 6. The van der Waals surface area contributed by atoms with Crippen LogP contribution in [0.2, 0.25) is 5.02 Å². The first-order valence-electron chi connectivity index (χ1n) is 6.07. The molecule has 122 valence electrons. The Balaban J connectivity index is 2.25. The van der Waals surface area contributed by atoms with Gasteiger partial charge in [0.05, 0.1) is 11.3 Å². The van der Waals surface area contributed by atoms with Crippen LogP contribution in [0.4, 0.5) is 38.1 Å². The number of rotatable bonds is 2. The normalized spacial score (nSPS) is 11.2. The summed E-state index contributed by atoms with van der Waals surface area (Å²) in [5, 5.41) is 3.53. The van der Waals surface area contributed by atoms with E-state index in [0.717, 1.165) is 30.3 Å². The lowest BCUT2D eigenvalue weighted by molar-refractivity contribution is -0.136. The van der Waals surface area contributed by atoms with Gasteiger partial charge in [0.1, 0.15) is 17.3 Å². The highest BCUT2D eigenvalue weighted by molar-refractivity contribution is 6.30. The SMILES string of the molecule is O=C(Nc1ccc(Cl)cc1C(F)(F)F)Nc1c(F)cccc1F. The molecule has 0 aliphatic rings. The average molecular weight is 351 g/mol. The Kier molecular flexibility index (Phi) is 4.74. The van der Waals surface area contributed by atoms with Crippen LogP contribution in [0.5, 0.6) is 0 Å². The van der Waals surface area contributed by atoms with Crippen molar-refractivity contribution in [1.82, 2.24) is 0 Å². The molecule has 3 nitrogen and oxygen atoms in total. The number of amides is 2. The van der Waals surface area contributed by atoms with Crippen molar-refractivity contribution in [3.8, 4) is 0 Å². The highest BCUT2D eigenvalue weighted by atomic mass is 35.5.